The van der Waals surface area contributed by atoms with E-state index in [4.69, 9.17) is 0 Å². The Balaban J connectivity index is 1.57. The Morgan fingerprint density at radius 3 is 2.81 bits per heavy atom. The highest BCUT2D eigenvalue weighted by atomic mass is 16.2. The Morgan fingerprint density at radius 1 is 1.24 bits per heavy atom. The third-order valence-corrected chi connectivity index (χ3v) is 4.74. The van der Waals surface area contributed by atoms with Crippen molar-refractivity contribution in [3.05, 3.63) is 12.3 Å². The standard InChI is InChI=1S/C16H26N4O/c1-13-6-5-10-19(12-13)16(21)17-15-9-11-20(18-15)14-7-3-2-4-8-14/h9,11,13-14H,2-8,10,12H2,1H3,(H,17,18,21)/t13-/m1/s1. The molecule has 0 spiro atoms. The van der Waals surface area contributed by atoms with Gasteiger partial charge in [-0.2, -0.15) is 5.10 Å². The third kappa shape index (κ3) is 3.57. The second kappa shape index (κ2) is 6.50. The lowest BCUT2D eigenvalue weighted by molar-refractivity contribution is 0.182. The highest BCUT2D eigenvalue weighted by Crippen LogP contribution is 2.28. The molecule has 2 fully saturated rings. The Morgan fingerprint density at radius 2 is 2.05 bits per heavy atom. The maximum Gasteiger partial charge on any atom is 0.323 e. The summed E-state index contributed by atoms with van der Waals surface area (Å²) >= 11 is 0. The van der Waals surface area contributed by atoms with Crippen molar-refractivity contribution in [1.29, 1.82) is 0 Å². The van der Waals surface area contributed by atoms with Crippen LogP contribution in [0.5, 0.6) is 0 Å². The monoisotopic (exact) mass is 290 g/mol. The van der Waals surface area contributed by atoms with Gasteiger partial charge in [-0.1, -0.05) is 26.2 Å². The normalized spacial score (nSPS) is 24.0. The van der Waals surface area contributed by atoms with Crippen LogP contribution in [0.2, 0.25) is 0 Å². The molecular formula is C16H26N4O. The maximum atomic E-state index is 12.3. The van der Waals surface area contributed by atoms with Crippen molar-refractivity contribution in [2.24, 2.45) is 5.92 Å². The number of likely N-dealkylation sites (tertiary alicyclic amines) is 1. The fourth-order valence-corrected chi connectivity index (χ4v) is 3.52. The van der Waals surface area contributed by atoms with E-state index in [1.807, 2.05) is 21.8 Å². The summed E-state index contributed by atoms with van der Waals surface area (Å²) in [5, 5.41) is 7.49. The van der Waals surface area contributed by atoms with E-state index in [-0.39, 0.29) is 6.03 Å². The minimum Gasteiger partial charge on any atom is -0.324 e. The summed E-state index contributed by atoms with van der Waals surface area (Å²) in [4.78, 5) is 14.2. The fraction of sp³-hybridized carbons (Fsp3) is 0.750. The number of anilines is 1. The van der Waals surface area contributed by atoms with Gasteiger partial charge in [0.15, 0.2) is 5.82 Å². The molecule has 1 saturated heterocycles. The third-order valence-electron chi connectivity index (χ3n) is 4.74. The van der Waals surface area contributed by atoms with E-state index in [9.17, 15) is 4.79 Å². The van der Waals surface area contributed by atoms with Gasteiger partial charge in [-0.25, -0.2) is 4.79 Å². The lowest BCUT2D eigenvalue weighted by Crippen LogP contribution is -2.41. The molecule has 5 heteroatoms. The molecule has 2 amide bonds. The summed E-state index contributed by atoms with van der Waals surface area (Å²) in [6.45, 7) is 3.92. The zero-order valence-corrected chi connectivity index (χ0v) is 12.9. The van der Waals surface area contributed by atoms with Crippen molar-refractivity contribution in [1.82, 2.24) is 14.7 Å². The molecule has 2 heterocycles. The molecular weight excluding hydrogens is 264 g/mol. The molecule has 21 heavy (non-hydrogen) atoms. The molecule has 3 rings (SSSR count). The largest absolute Gasteiger partial charge is 0.324 e. The van der Waals surface area contributed by atoms with E-state index >= 15 is 0 Å². The van der Waals surface area contributed by atoms with Crippen LogP contribution in [0.3, 0.4) is 0 Å². The minimum absolute atomic E-state index is 0.00422. The fourth-order valence-electron chi connectivity index (χ4n) is 3.52. The molecule has 0 aromatic carbocycles. The number of rotatable bonds is 2. The number of hydrogen-bond donors (Lipinski definition) is 1. The molecule has 1 aromatic rings. The molecule has 1 atom stereocenters. The predicted octanol–water partition coefficient (Wildman–Crippen LogP) is 3.65. The van der Waals surface area contributed by atoms with Crippen LogP contribution in [0.1, 0.15) is 57.9 Å². The Labute approximate surface area is 126 Å². The minimum atomic E-state index is -0.00422. The van der Waals surface area contributed by atoms with Crippen LogP contribution >= 0.6 is 0 Å². The predicted molar refractivity (Wildman–Crippen MR) is 83.3 cm³/mol. The molecule has 2 aliphatic rings. The zero-order chi connectivity index (χ0) is 14.7. The van der Waals surface area contributed by atoms with Gasteiger partial charge < -0.3 is 4.90 Å². The van der Waals surface area contributed by atoms with Crippen LogP contribution in [0, 0.1) is 5.92 Å². The van der Waals surface area contributed by atoms with Crippen LogP contribution in [-0.2, 0) is 0 Å². The number of piperidine rings is 1. The van der Waals surface area contributed by atoms with Gasteiger partial charge in [-0.3, -0.25) is 10.00 Å². The first-order valence-electron chi connectivity index (χ1n) is 8.33. The van der Waals surface area contributed by atoms with E-state index in [2.05, 4.69) is 17.3 Å². The first-order valence-corrected chi connectivity index (χ1v) is 8.33. The molecule has 0 unspecified atom stereocenters. The lowest BCUT2D eigenvalue weighted by atomic mass is 9.96. The smallest absolute Gasteiger partial charge is 0.323 e. The van der Waals surface area contributed by atoms with Gasteiger partial charge in [-0.15, -0.1) is 0 Å². The average molecular weight is 290 g/mol. The summed E-state index contributed by atoms with van der Waals surface area (Å²) < 4.78 is 2.04. The molecule has 1 saturated carbocycles. The topological polar surface area (TPSA) is 50.2 Å². The van der Waals surface area contributed by atoms with E-state index in [1.54, 1.807) is 0 Å². The van der Waals surface area contributed by atoms with E-state index in [0.29, 0.717) is 17.8 Å². The van der Waals surface area contributed by atoms with E-state index < -0.39 is 0 Å². The number of amides is 2. The van der Waals surface area contributed by atoms with Gasteiger partial charge in [0.1, 0.15) is 0 Å². The Hall–Kier alpha value is -1.52. The van der Waals surface area contributed by atoms with Crippen molar-refractivity contribution in [3.63, 3.8) is 0 Å². The first-order chi connectivity index (χ1) is 10.2. The van der Waals surface area contributed by atoms with Gasteiger partial charge in [0, 0.05) is 25.4 Å². The van der Waals surface area contributed by atoms with Crippen LogP contribution in [0.15, 0.2) is 12.3 Å². The van der Waals surface area contributed by atoms with Gasteiger partial charge in [-0.05, 0) is 31.6 Å². The van der Waals surface area contributed by atoms with Crippen molar-refractivity contribution < 1.29 is 4.79 Å². The van der Waals surface area contributed by atoms with Crippen molar-refractivity contribution in [2.45, 2.75) is 57.9 Å². The highest BCUT2D eigenvalue weighted by molar-refractivity contribution is 5.88. The van der Waals surface area contributed by atoms with Gasteiger partial charge in [0.2, 0.25) is 0 Å². The number of nitrogens with zero attached hydrogens (tertiary/aromatic N) is 3. The van der Waals surface area contributed by atoms with Crippen LogP contribution in [-0.4, -0.2) is 33.8 Å². The number of aromatic nitrogens is 2. The van der Waals surface area contributed by atoms with E-state index in [0.717, 1.165) is 19.5 Å². The molecule has 0 bridgehead atoms. The molecule has 1 aliphatic carbocycles. The van der Waals surface area contributed by atoms with Crippen molar-refractivity contribution in [2.75, 3.05) is 18.4 Å². The van der Waals surface area contributed by atoms with Crippen molar-refractivity contribution in [3.8, 4) is 0 Å². The summed E-state index contributed by atoms with van der Waals surface area (Å²) in [5.74, 6) is 1.29. The van der Waals surface area contributed by atoms with Gasteiger partial charge in [0.05, 0.1) is 6.04 Å². The van der Waals surface area contributed by atoms with Gasteiger partial charge >= 0.3 is 6.03 Å². The first kappa shape index (κ1) is 14.4. The number of nitrogens with one attached hydrogen (secondary N) is 1. The molecule has 5 nitrogen and oxygen atoms in total. The highest BCUT2D eigenvalue weighted by Gasteiger charge is 2.22. The number of carbonyl (C=O) groups excluding carboxylic acids is 1. The van der Waals surface area contributed by atoms with Crippen LogP contribution in [0.25, 0.3) is 0 Å². The van der Waals surface area contributed by atoms with Crippen LogP contribution < -0.4 is 5.32 Å². The molecule has 1 N–H and O–H groups in total. The SMILES string of the molecule is C[C@@H]1CCCN(C(=O)Nc2ccn(C3CCCCC3)n2)C1. The number of carbonyl (C=O) groups is 1. The summed E-state index contributed by atoms with van der Waals surface area (Å²) in [6.07, 6.45) is 10.7. The maximum absolute atomic E-state index is 12.3. The Bertz CT molecular complexity index is 478. The zero-order valence-electron chi connectivity index (χ0n) is 12.9. The molecule has 116 valence electrons. The van der Waals surface area contributed by atoms with Gasteiger partial charge in [0.25, 0.3) is 0 Å². The second-order valence-electron chi connectivity index (χ2n) is 6.60. The molecule has 1 aromatic heterocycles. The lowest BCUT2D eigenvalue weighted by Gasteiger charge is -2.30. The summed E-state index contributed by atoms with van der Waals surface area (Å²) in [5.41, 5.74) is 0. The molecule has 0 radical (unpaired) electrons. The molecule has 1 aliphatic heterocycles. The number of hydrogen-bond acceptors (Lipinski definition) is 2. The second-order valence-corrected chi connectivity index (χ2v) is 6.60. The number of urea groups is 1. The quantitative estimate of drug-likeness (QED) is 0.903. The Kier molecular flexibility index (Phi) is 4.46. The average Bonchev–Trinajstić information content (AvgIpc) is 2.97. The summed E-state index contributed by atoms with van der Waals surface area (Å²) in [7, 11) is 0. The van der Waals surface area contributed by atoms with Crippen LogP contribution in [0.4, 0.5) is 10.6 Å². The van der Waals surface area contributed by atoms with Crippen molar-refractivity contribution >= 4 is 11.8 Å². The van der Waals surface area contributed by atoms with E-state index in [1.165, 1.54) is 38.5 Å². The summed E-state index contributed by atoms with van der Waals surface area (Å²) in [6, 6.07) is 2.43.